The molecule has 0 bridgehead atoms. The maximum atomic E-state index is 13.4. The average molecular weight is 380 g/mol. The Bertz CT molecular complexity index is 933. The van der Waals surface area contributed by atoms with Gasteiger partial charge >= 0.3 is 7.82 Å². The monoisotopic (exact) mass is 380 g/mol. The molecule has 0 aliphatic carbocycles. The first-order chi connectivity index (χ1) is 13.2. The third-order valence-corrected chi connectivity index (χ3v) is 6.07. The topological polar surface area (TPSA) is 57.3 Å². The molecular formula is C21H17O5P. The second-order valence-corrected chi connectivity index (χ2v) is 7.90. The third kappa shape index (κ3) is 2.85. The number of phosphoric ester groups is 1. The number of hydrogen-bond donors (Lipinski definition) is 0. The van der Waals surface area contributed by atoms with Crippen LogP contribution in [0.1, 0.15) is 11.1 Å². The van der Waals surface area contributed by atoms with E-state index < -0.39 is 13.4 Å². The van der Waals surface area contributed by atoms with Crippen molar-refractivity contribution in [3.05, 3.63) is 96.1 Å². The Balaban J connectivity index is 1.62. The van der Waals surface area contributed by atoms with Crippen LogP contribution in [0.4, 0.5) is 0 Å². The first-order valence-corrected chi connectivity index (χ1v) is 10.2. The van der Waals surface area contributed by atoms with Gasteiger partial charge in [-0.2, -0.15) is 0 Å². The fourth-order valence-corrected chi connectivity index (χ4v) is 5.01. The van der Waals surface area contributed by atoms with Crippen LogP contribution in [0.2, 0.25) is 0 Å². The van der Waals surface area contributed by atoms with Gasteiger partial charge in [-0.3, -0.25) is 0 Å². The van der Waals surface area contributed by atoms with Crippen molar-refractivity contribution in [2.24, 2.45) is 0 Å². The normalized spacial score (nSPS) is 19.6. The summed E-state index contributed by atoms with van der Waals surface area (Å²) >= 11 is 0. The van der Waals surface area contributed by atoms with Gasteiger partial charge in [0.1, 0.15) is 6.10 Å². The smallest absolute Gasteiger partial charge is 0.391 e. The van der Waals surface area contributed by atoms with Crippen LogP contribution in [0, 0.1) is 0 Å². The molecule has 2 heterocycles. The summed E-state index contributed by atoms with van der Waals surface area (Å²) in [5.41, 5.74) is 0.564. The summed E-state index contributed by atoms with van der Waals surface area (Å²) in [5, 5.41) is 0. The van der Waals surface area contributed by atoms with Crippen LogP contribution >= 0.6 is 7.82 Å². The second kappa shape index (κ2) is 6.24. The highest BCUT2D eigenvalue weighted by Gasteiger charge is 2.57. The Labute approximate surface area is 157 Å². The van der Waals surface area contributed by atoms with E-state index in [0.29, 0.717) is 18.1 Å². The number of rotatable bonds is 5. The molecule has 1 fully saturated rings. The molecule has 0 radical (unpaired) electrons. The molecule has 1 saturated heterocycles. The van der Waals surface area contributed by atoms with Crippen molar-refractivity contribution < 1.29 is 22.9 Å². The Morgan fingerprint density at radius 3 is 1.67 bits per heavy atom. The Kier molecular flexibility index (Phi) is 3.83. The van der Waals surface area contributed by atoms with Gasteiger partial charge in [-0.25, -0.2) is 9.09 Å². The van der Waals surface area contributed by atoms with E-state index in [-0.39, 0.29) is 6.10 Å². The number of fused-ring (bicyclic) bond motifs is 1. The van der Waals surface area contributed by atoms with Gasteiger partial charge in [0.15, 0.2) is 17.1 Å². The van der Waals surface area contributed by atoms with Crippen LogP contribution in [-0.2, 0) is 19.4 Å². The predicted octanol–water partition coefficient (Wildman–Crippen LogP) is 4.93. The van der Waals surface area contributed by atoms with Crippen molar-refractivity contribution in [2.75, 3.05) is 6.61 Å². The fraction of sp³-hybridized carbons (Fsp3) is 0.143. The van der Waals surface area contributed by atoms with E-state index in [1.165, 1.54) is 0 Å². The number of phosphoric acid groups is 1. The van der Waals surface area contributed by atoms with Crippen molar-refractivity contribution in [3.8, 4) is 11.5 Å². The lowest BCUT2D eigenvalue weighted by Gasteiger charge is -2.34. The largest absolute Gasteiger partial charge is 0.589 e. The Hall–Kier alpha value is -2.59. The molecule has 0 N–H and O–H groups in total. The van der Waals surface area contributed by atoms with E-state index in [4.69, 9.17) is 18.3 Å². The van der Waals surface area contributed by atoms with Crippen LogP contribution in [0.5, 0.6) is 11.5 Å². The molecule has 3 aromatic carbocycles. The van der Waals surface area contributed by atoms with Crippen LogP contribution in [-0.4, -0.2) is 12.7 Å². The van der Waals surface area contributed by atoms with E-state index in [1.807, 2.05) is 60.7 Å². The van der Waals surface area contributed by atoms with Crippen molar-refractivity contribution in [1.29, 1.82) is 0 Å². The molecule has 2 aliphatic heterocycles. The molecule has 5 nitrogen and oxygen atoms in total. The molecule has 0 aromatic heterocycles. The van der Waals surface area contributed by atoms with E-state index in [1.54, 1.807) is 24.3 Å². The van der Waals surface area contributed by atoms with Gasteiger partial charge in [-0.15, -0.1) is 0 Å². The summed E-state index contributed by atoms with van der Waals surface area (Å²) in [4.78, 5) is 0. The maximum absolute atomic E-state index is 13.4. The number of benzene rings is 3. The molecule has 0 saturated carbocycles. The molecule has 3 aromatic rings. The van der Waals surface area contributed by atoms with E-state index in [0.717, 1.165) is 11.1 Å². The van der Waals surface area contributed by atoms with Gasteiger partial charge in [-0.1, -0.05) is 72.8 Å². The molecule has 0 spiro atoms. The highest BCUT2D eigenvalue weighted by molar-refractivity contribution is 7.49. The lowest BCUT2D eigenvalue weighted by Crippen LogP contribution is -2.37. The minimum Gasteiger partial charge on any atom is -0.391 e. The van der Waals surface area contributed by atoms with Crippen LogP contribution in [0.3, 0.4) is 0 Å². The molecule has 136 valence electrons. The minimum absolute atomic E-state index is 0.288. The van der Waals surface area contributed by atoms with Crippen molar-refractivity contribution in [3.63, 3.8) is 0 Å². The van der Waals surface area contributed by atoms with Crippen LogP contribution in [0.15, 0.2) is 84.9 Å². The Morgan fingerprint density at radius 1 is 0.778 bits per heavy atom. The van der Waals surface area contributed by atoms with Gasteiger partial charge in [0.05, 0.1) is 6.61 Å². The number of para-hydroxylation sites is 2. The van der Waals surface area contributed by atoms with E-state index in [9.17, 15) is 4.57 Å². The Morgan fingerprint density at radius 2 is 1.22 bits per heavy atom. The van der Waals surface area contributed by atoms with E-state index in [2.05, 4.69) is 0 Å². The first-order valence-electron chi connectivity index (χ1n) is 8.71. The molecule has 2 aliphatic rings. The summed E-state index contributed by atoms with van der Waals surface area (Å²) in [6.07, 6.45) is -0.288. The molecular weight excluding hydrogens is 363 g/mol. The standard InChI is InChI=1S/C21H17O5P/c22-27(24-18-13-7-8-14-19(18)25-27)26-21(20-15-23-20,16-9-3-1-4-10-16)17-11-5-2-6-12-17/h1-14,20H,15H2. The summed E-state index contributed by atoms with van der Waals surface area (Å²) in [6, 6.07) is 26.3. The average Bonchev–Trinajstić information content (AvgIpc) is 3.50. The summed E-state index contributed by atoms with van der Waals surface area (Å²) in [7, 11) is -3.90. The molecule has 1 unspecified atom stereocenters. The van der Waals surface area contributed by atoms with Crippen LogP contribution < -0.4 is 9.05 Å². The second-order valence-electron chi connectivity index (χ2n) is 6.46. The molecule has 1 atom stereocenters. The van der Waals surface area contributed by atoms with Gasteiger partial charge in [0.25, 0.3) is 0 Å². The summed E-state index contributed by atoms with van der Waals surface area (Å²) in [5.74, 6) is 0.820. The number of ether oxygens (including phenoxy) is 1. The zero-order valence-electron chi connectivity index (χ0n) is 14.4. The van der Waals surface area contributed by atoms with E-state index >= 15 is 0 Å². The molecule has 5 rings (SSSR count). The van der Waals surface area contributed by atoms with Gasteiger partial charge in [0, 0.05) is 0 Å². The maximum Gasteiger partial charge on any atom is 0.589 e. The quantitative estimate of drug-likeness (QED) is 0.464. The van der Waals surface area contributed by atoms with Crippen molar-refractivity contribution in [1.82, 2.24) is 0 Å². The minimum atomic E-state index is -3.90. The van der Waals surface area contributed by atoms with Crippen molar-refractivity contribution in [2.45, 2.75) is 11.7 Å². The predicted molar refractivity (Wildman–Crippen MR) is 99.8 cm³/mol. The van der Waals surface area contributed by atoms with Crippen LogP contribution in [0.25, 0.3) is 0 Å². The van der Waals surface area contributed by atoms with Gasteiger partial charge in [0.2, 0.25) is 0 Å². The fourth-order valence-electron chi connectivity index (χ4n) is 3.43. The SMILES string of the molecule is O=P1(OC(c2ccccc2)(c2ccccc2)C2CO2)Oc2ccccc2O1. The third-order valence-electron chi connectivity index (χ3n) is 4.72. The summed E-state index contributed by atoms with van der Waals surface area (Å²) < 4.78 is 36.6. The highest BCUT2D eigenvalue weighted by Crippen LogP contribution is 2.64. The van der Waals surface area contributed by atoms with Gasteiger partial charge < -0.3 is 13.8 Å². The number of hydrogen-bond acceptors (Lipinski definition) is 5. The summed E-state index contributed by atoms with van der Waals surface area (Å²) in [6.45, 7) is 0.497. The first kappa shape index (κ1) is 16.6. The highest BCUT2D eigenvalue weighted by atomic mass is 31.2. The molecule has 6 heteroatoms. The van der Waals surface area contributed by atoms with Gasteiger partial charge in [-0.05, 0) is 23.3 Å². The lowest BCUT2D eigenvalue weighted by atomic mass is 9.84. The molecule has 0 amide bonds. The zero-order valence-corrected chi connectivity index (χ0v) is 15.3. The zero-order chi connectivity index (χ0) is 18.3. The number of epoxide rings is 1. The van der Waals surface area contributed by atoms with Crippen molar-refractivity contribution >= 4 is 7.82 Å². The lowest BCUT2D eigenvalue weighted by molar-refractivity contribution is 0.0499. The molecule has 27 heavy (non-hydrogen) atoms.